The van der Waals surface area contributed by atoms with Crippen molar-refractivity contribution >= 4 is 32.5 Å². The van der Waals surface area contributed by atoms with Gasteiger partial charge in [0.1, 0.15) is 5.69 Å². The van der Waals surface area contributed by atoms with Gasteiger partial charge in [0.2, 0.25) is 5.95 Å². The van der Waals surface area contributed by atoms with Crippen molar-refractivity contribution in [3.63, 3.8) is 0 Å². The van der Waals surface area contributed by atoms with Gasteiger partial charge in [-0.05, 0) is 12.5 Å². The van der Waals surface area contributed by atoms with E-state index in [9.17, 15) is 8.42 Å². The summed E-state index contributed by atoms with van der Waals surface area (Å²) < 4.78 is 30.4. The molecule has 0 aliphatic carbocycles. The van der Waals surface area contributed by atoms with E-state index >= 15 is 0 Å². The van der Waals surface area contributed by atoms with Gasteiger partial charge in [-0.2, -0.15) is 17.0 Å². The van der Waals surface area contributed by atoms with Crippen LogP contribution >= 0.6 is 11.3 Å². The number of imidazole rings is 1. The van der Waals surface area contributed by atoms with Crippen molar-refractivity contribution in [1.29, 1.82) is 0 Å². The Bertz CT molecular complexity index is 1350. The molecule has 1 aromatic carbocycles. The van der Waals surface area contributed by atoms with E-state index in [0.717, 1.165) is 34.0 Å². The minimum Gasteiger partial charge on any atom is -0.353 e. The molecule has 1 aliphatic rings. The van der Waals surface area contributed by atoms with Crippen LogP contribution in [0.25, 0.3) is 27.6 Å². The third-order valence-electron chi connectivity index (χ3n) is 5.67. The molecule has 1 aliphatic heterocycles. The Balaban J connectivity index is 1.38. The zero-order chi connectivity index (χ0) is 22.8. The molecule has 1 N–H and O–H groups in total. The molecule has 11 heteroatoms. The Morgan fingerprint density at radius 3 is 2.73 bits per heavy atom. The van der Waals surface area contributed by atoms with E-state index in [1.165, 1.54) is 8.61 Å². The van der Waals surface area contributed by atoms with Gasteiger partial charge < -0.3 is 5.32 Å². The summed E-state index contributed by atoms with van der Waals surface area (Å²) in [5.41, 5.74) is 3.54. The van der Waals surface area contributed by atoms with Crippen LogP contribution in [0.5, 0.6) is 0 Å². The van der Waals surface area contributed by atoms with Crippen molar-refractivity contribution in [3.05, 3.63) is 54.2 Å². The molecule has 33 heavy (non-hydrogen) atoms. The summed E-state index contributed by atoms with van der Waals surface area (Å²) >= 11 is 1.57. The molecule has 4 aromatic rings. The largest absolute Gasteiger partial charge is 0.353 e. The van der Waals surface area contributed by atoms with Crippen LogP contribution in [0.1, 0.15) is 13.3 Å². The third kappa shape index (κ3) is 4.24. The molecule has 0 radical (unpaired) electrons. The lowest BCUT2D eigenvalue weighted by Crippen LogP contribution is -2.50. The summed E-state index contributed by atoms with van der Waals surface area (Å²) in [6.45, 7) is 4.26. The highest BCUT2D eigenvalue weighted by Gasteiger charge is 2.31. The van der Waals surface area contributed by atoms with E-state index < -0.39 is 10.2 Å². The zero-order valence-electron chi connectivity index (χ0n) is 18.3. The number of thiazole rings is 1. The molecule has 3 aromatic heterocycles. The van der Waals surface area contributed by atoms with Crippen LogP contribution < -0.4 is 5.32 Å². The molecule has 0 atom stereocenters. The fourth-order valence-corrected chi connectivity index (χ4v) is 6.47. The number of aromatic nitrogens is 4. The smallest absolute Gasteiger partial charge is 0.282 e. The Kier molecular flexibility index (Phi) is 6.11. The van der Waals surface area contributed by atoms with Gasteiger partial charge in [0.05, 0.1) is 11.4 Å². The summed E-state index contributed by atoms with van der Waals surface area (Å²) in [5, 5.41) is 5.19. The van der Waals surface area contributed by atoms with Crippen LogP contribution in [-0.4, -0.2) is 69.1 Å². The van der Waals surface area contributed by atoms with Crippen molar-refractivity contribution in [2.75, 3.05) is 38.0 Å². The second-order valence-electron chi connectivity index (χ2n) is 7.67. The highest BCUT2D eigenvalue weighted by molar-refractivity contribution is 7.86. The molecular weight excluding hydrogens is 458 g/mol. The van der Waals surface area contributed by atoms with E-state index in [2.05, 4.69) is 10.3 Å². The van der Waals surface area contributed by atoms with Gasteiger partial charge >= 0.3 is 0 Å². The highest BCUT2D eigenvalue weighted by Crippen LogP contribution is 2.33. The number of hydrogen-bond acceptors (Lipinski definition) is 7. The minimum atomic E-state index is -3.39. The normalized spacial score (nSPS) is 16.9. The molecule has 0 amide bonds. The summed E-state index contributed by atoms with van der Waals surface area (Å²) in [5.74, 6) is 0.457. The van der Waals surface area contributed by atoms with Gasteiger partial charge in [-0.25, -0.2) is 15.0 Å². The predicted molar refractivity (Wildman–Crippen MR) is 130 cm³/mol. The van der Waals surface area contributed by atoms with Gasteiger partial charge in [-0.15, -0.1) is 11.3 Å². The lowest BCUT2D eigenvalue weighted by molar-refractivity contribution is 0.295. The minimum absolute atomic E-state index is 0.364. The molecule has 0 spiro atoms. The first-order valence-electron chi connectivity index (χ1n) is 10.9. The number of fused-ring (bicyclic) bond motifs is 1. The van der Waals surface area contributed by atoms with E-state index in [4.69, 9.17) is 9.97 Å². The van der Waals surface area contributed by atoms with Crippen molar-refractivity contribution in [2.45, 2.75) is 13.3 Å². The van der Waals surface area contributed by atoms with Crippen LogP contribution in [-0.2, 0) is 10.2 Å². The van der Waals surface area contributed by atoms with Crippen molar-refractivity contribution < 1.29 is 8.42 Å². The number of rotatable bonds is 7. The molecule has 0 bridgehead atoms. The van der Waals surface area contributed by atoms with Gasteiger partial charge in [-0.1, -0.05) is 37.3 Å². The Morgan fingerprint density at radius 1 is 1.09 bits per heavy atom. The molecule has 9 nitrogen and oxygen atoms in total. The van der Waals surface area contributed by atoms with Crippen LogP contribution in [0.2, 0.25) is 0 Å². The first-order chi connectivity index (χ1) is 16.1. The number of benzene rings is 1. The van der Waals surface area contributed by atoms with Crippen LogP contribution in [0.3, 0.4) is 0 Å². The molecule has 1 saturated heterocycles. The number of hydrogen-bond donors (Lipinski definition) is 1. The SMILES string of the molecule is CCN1CCCN(CCNc2nccc(-c3c(-c4ccccc4)nc4sccn34)n2)S1(=O)=O. The molecule has 0 unspecified atom stereocenters. The number of anilines is 1. The molecule has 1 fully saturated rings. The quantitative estimate of drug-likeness (QED) is 0.434. The standard InChI is InChI=1S/C22H25N7O2S2/c1-2-27-12-6-13-28(33(27,30)31)14-11-24-21-23-10-9-18(25-21)20-19(17-7-4-3-5-8-17)26-22-29(20)15-16-32-22/h3-5,7-10,15-16H,2,6,11-14H2,1H3,(H,23,24,25). The molecule has 4 heterocycles. The predicted octanol–water partition coefficient (Wildman–Crippen LogP) is 3.20. The summed E-state index contributed by atoms with van der Waals surface area (Å²) in [6, 6.07) is 11.9. The monoisotopic (exact) mass is 483 g/mol. The van der Waals surface area contributed by atoms with Crippen molar-refractivity contribution in [2.24, 2.45) is 0 Å². The van der Waals surface area contributed by atoms with E-state index in [0.29, 0.717) is 38.7 Å². The lowest BCUT2D eigenvalue weighted by atomic mass is 10.1. The van der Waals surface area contributed by atoms with E-state index in [1.807, 2.05) is 59.3 Å². The highest BCUT2D eigenvalue weighted by atomic mass is 32.2. The molecule has 0 saturated carbocycles. The van der Waals surface area contributed by atoms with Gasteiger partial charge in [0.25, 0.3) is 10.2 Å². The van der Waals surface area contributed by atoms with Crippen molar-refractivity contribution in [3.8, 4) is 22.6 Å². The average Bonchev–Trinajstić information content (AvgIpc) is 3.42. The van der Waals surface area contributed by atoms with Gasteiger partial charge in [0.15, 0.2) is 4.96 Å². The summed E-state index contributed by atoms with van der Waals surface area (Å²) in [4.78, 5) is 14.8. The van der Waals surface area contributed by atoms with Crippen LogP contribution in [0.4, 0.5) is 5.95 Å². The van der Waals surface area contributed by atoms with Gasteiger partial charge in [-0.3, -0.25) is 4.40 Å². The van der Waals surface area contributed by atoms with E-state index in [-0.39, 0.29) is 0 Å². The number of nitrogens with one attached hydrogen (secondary N) is 1. The Hall–Kier alpha value is -2.86. The summed E-state index contributed by atoms with van der Waals surface area (Å²) in [6.07, 6.45) is 4.53. The Morgan fingerprint density at radius 2 is 1.91 bits per heavy atom. The maximum Gasteiger partial charge on any atom is 0.282 e. The fourth-order valence-electron chi connectivity index (χ4n) is 4.06. The lowest BCUT2D eigenvalue weighted by Gasteiger charge is -2.33. The zero-order valence-corrected chi connectivity index (χ0v) is 19.9. The second kappa shape index (κ2) is 9.18. The fraction of sp³-hybridized carbons (Fsp3) is 0.318. The van der Waals surface area contributed by atoms with E-state index in [1.54, 1.807) is 17.5 Å². The first-order valence-corrected chi connectivity index (χ1v) is 13.2. The maximum absolute atomic E-state index is 12.7. The molecular formula is C22H25N7O2S2. The van der Waals surface area contributed by atoms with Gasteiger partial charge in [0, 0.05) is 56.1 Å². The van der Waals surface area contributed by atoms with Crippen molar-refractivity contribution in [1.82, 2.24) is 28.0 Å². The summed E-state index contributed by atoms with van der Waals surface area (Å²) in [7, 11) is -3.39. The van der Waals surface area contributed by atoms with Crippen LogP contribution in [0.15, 0.2) is 54.2 Å². The average molecular weight is 484 g/mol. The number of nitrogens with zero attached hydrogens (tertiary/aromatic N) is 6. The Labute approximate surface area is 196 Å². The van der Waals surface area contributed by atoms with Crippen LogP contribution in [0, 0.1) is 0 Å². The maximum atomic E-state index is 12.7. The first kappa shape index (κ1) is 22.0. The topological polar surface area (TPSA) is 95.7 Å². The molecule has 172 valence electrons. The molecule has 5 rings (SSSR count). The second-order valence-corrected chi connectivity index (χ2v) is 10.5. The third-order valence-corrected chi connectivity index (χ3v) is 8.54.